The summed E-state index contributed by atoms with van der Waals surface area (Å²) in [5, 5.41) is 21.8. The van der Waals surface area contributed by atoms with Crippen molar-refractivity contribution in [2.75, 3.05) is 13.6 Å². The molecule has 1 unspecified atom stereocenters. The molecule has 0 radical (unpaired) electrons. The second-order valence-electron chi connectivity index (χ2n) is 7.74. The number of rotatable bonds is 8. The average molecular weight is 426 g/mol. The van der Waals surface area contributed by atoms with Crippen LogP contribution in [0.25, 0.3) is 0 Å². The van der Waals surface area contributed by atoms with Gasteiger partial charge >= 0.3 is 12.1 Å². The maximum atomic E-state index is 13.3. The Labute approximate surface area is 180 Å². The molecule has 1 aliphatic heterocycles. The summed E-state index contributed by atoms with van der Waals surface area (Å²) in [6.07, 6.45) is -0.643. The minimum atomic E-state index is -1.79. The van der Waals surface area contributed by atoms with E-state index in [1.165, 1.54) is 11.9 Å². The highest BCUT2D eigenvalue weighted by Gasteiger charge is 2.47. The molecule has 31 heavy (non-hydrogen) atoms. The number of amides is 1. The van der Waals surface area contributed by atoms with Crippen LogP contribution in [-0.4, -0.2) is 52.5 Å². The van der Waals surface area contributed by atoms with Crippen molar-refractivity contribution in [3.8, 4) is 0 Å². The summed E-state index contributed by atoms with van der Waals surface area (Å²) >= 11 is 0. The summed E-state index contributed by atoms with van der Waals surface area (Å²) < 4.78 is 5.06. The van der Waals surface area contributed by atoms with Crippen LogP contribution in [0, 0.1) is 5.92 Å². The molecule has 0 bridgehead atoms. The van der Waals surface area contributed by atoms with Crippen LogP contribution >= 0.6 is 0 Å². The number of carbonyl (C=O) groups is 3. The molecule has 0 saturated heterocycles. The second kappa shape index (κ2) is 9.61. The van der Waals surface area contributed by atoms with Crippen molar-refractivity contribution in [1.29, 1.82) is 0 Å². The van der Waals surface area contributed by atoms with Gasteiger partial charge in [-0.05, 0) is 29.5 Å². The number of fused-ring (bicyclic) bond motifs is 1. The Balaban J connectivity index is 1.74. The van der Waals surface area contributed by atoms with Crippen molar-refractivity contribution in [2.24, 2.45) is 5.92 Å². The standard InChI is InChI=1S/C23H26N2O6/c1-25(15-19(20(26)27)12-11-16-7-3-2-4-8-16)21(28)23(31-22(29)30)13-17-9-5-6-10-18(17)14-24-23/h2-10,19,24H,11-15H2,1H3,(H,26,27)(H,29,30)/t19?,23-/m0/s1. The fourth-order valence-electron chi connectivity index (χ4n) is 3.89. The fraction of sp³-hybridized carbons (Fsp3) is 0.348. The lowest BCUT2D eigenvalue weighted by atomic mass is 9.91. The first-order valence-corrected chi connectivity index (χ1v) is 10.1. The minimum Gasteiger partial charge on any atom is -0.481 e. The zero-order valence-electron chi connectivity index (χ0n) is 17.3. The number of nitrogens with zero attached hydrogens (tertiary/aromatic N) is 1. The molecule has 1 amide bonds. The number of aryl methyl sites for hydroxylation is 1. The number of ether oxygens (including phenoxy) is 1. The van der Waals surface area contributed by atoms with Crippen molar-refractivity contribution in [1.82, 2.24) is 10.2 Å². The van der Waals surface area contributed by atoms with E-state index in [9.17, 15) is 24.6 Å². The van der Waals surface area contributed by atoms with Gasteiger partial charge in [0.15, 0.2) is 0 Å². The SMILES string of the molecule is CN(CC(CCc1ccccc1)C(=O)O)C(=O)[C@@]1(OC(=O)O)Cc2ccccc2CN1. The van der Waals surface area contributed by atoms with Gasteiger partial charge in [0.2, 0.25) is 0 Å². The van der Waals surface area contributed by atoms with Gasteiger partial charge in [0.05, 0.1) is 5.92 Å². The second-order valence-corrected chi connectivity index (χ2v) is 7.74. The first-order chi connectivity index (χ1) is 14.8. The van der Waals surface area contributed by atoms with Crippen LogP contribution in [0.3, 0.4) is 0 Å². The van der Waals surface area contributed by atoms with Crippen LogP contribution in [0.2, 0.25) is 0 Å². The van der Waals surface area contributed by atoms with Gasteiger partial charge in [0, 0.05) is 26.6 Å². The van der Waals surface area contributed by atoms with Crippen LogP contribution in [0.1, 0.15) is 23.1 Å². The lowest BCUT2D eigenvalue weighted by Crippen LogP contribution is -2.63. The summed E-state index contributed by atoms with van der Waals surface area (Å²) in [7, 11) is 1.47. The lowest BCUT2D eigenvalue weighted by molar-refractivity contribution is -0.159. The molecule has 2 atom stereocenters. The Morgan fingerprint density at radius 3 is 2.35 bits per heavy atom. The number of hydrogen-bond donors (Lipinski definition) is 3. The van der Waals surface area contributed by atoms with E-state index in [2.05, 4.69) is 5.32 Å². The Bertz CT molecular complexity index is 948. The summed E-state index contributed by atoms with van der Waals surface area (Å²) in [6.45, 7) is 0.203. The summed E-state index contributed by atoms with van der Waals surface area (Å²) in [4.78, 5) is 37.7. The molecule has 8 heteroatoms. The van der Waals surface area contributed by atoms with E-state index >= 15 is 0 Å². The predicted octanol–water partition coefficient (Wildman–Crippen LogP) is 2.52. The zero-order valence-corrected chi connectivity index (χ0v) is 17.3. The molecule has 2 aromatic carbocycles. The van der Waals surface area contributed by atoms with E-state index in [1.54, 1.807) is 0 Å². The van der Waals surface area contributed by atoms with Crippen LogP contribution in [0.5, 0.6) is 0 Å². The number of carbonyl (C=O) groups excluding carboxylic acids is 1. The van der Waals surface area contributed by atoms with E-state index in [0.29, 0.717) is 12.8 Å². The smallest absolute Gasteiger partial charge is 0.481 e. The van der Waals surface area contributed by atoms with Crippen molar-refractivity contribution in [3.05, 3.63) is 71.3 Å². The van der Waals surface area contributed by atoms with Gasteiger partial charge in [-0.25, -0.2) is 4.79 Å². The number of benzene rings is 2. The van der Waals surface area contributed by atoms with E-state index < -0.39 is 29.7 Å². The molecule has 3 N–H and O–H groups in total. The molecule has 3 rings (SSSR count). The molecule has 1 heterocycles. The van der Waals surface area contributed by atoms with Crippen LogP contribution in [0.15, 0.2) is 54.6 Å². The molecule has 2 aromatic rings. The van der Waals surface area contributed by atoms with E-state index in [-0.39, 0.29) is 19.5 Å². The molecule has 8 nitrogen and oxygen atoms in total. The van der Waals surface area contributed by atoms with Gasteiger partial charge in [-0.15, -0.1) is 0 Å². The normalized spacial score (nSPS) is 18.5. The Morgan fingerprint density at radius 2 is 1.71 bits per heavy atom. The molecule has 0 aromatic heterocycles. The van der Waals surface area contributed by atoms with Crippen LogP contribution in [-0.2, 0) is 33.7 Å². The number of carboxylic acids is 1. The van der Waals surface area contributed by atoms with E-state index in [1.807, 2.05) is 54.6 Å². The highest BCUT2D eigenvalue weighted by atomic mass is 16.7. The molecule has 0 spiro atoms. The quantitative estimate of drug-likeness (QED) is 0.556. The highest BCUT2D eigenvalue weighted by molar-refractivity contribution is 5.87. The Morgan fingerprint density at radius 1 is 1.06 bits per heavy atom. The molecular formula is C23H26N2O6. The van der Waals surface area contributed by atoms with Crippen molar-refractivity contribution >= 4 is 18.0 Å². The van der Waals surface area contributed by atoms with Gasteiger partial charge < -0.3 is 19.8 Å². The monoisotopic (exact) mass is 426 g/mol. The topological polar surface area (TPSA) is 116 Å². The largest absolute Gasteiger partial charge is 0.508 e. The predicted molar refractivity (Wildman–Crippen MR) is 112 cm³/mol. The first kappa shape index (κ1) is 22.3. The van der Waals surface area contributed by atoms with Crippen molar-refractivity contribution < 1.29 is 29.3 Å². The van der Waals surface area contributed by atoms with Gasteiger partial charge in [-0.1, -0.05) is 54.6 Å². The Hall–Kier alpha value is -3.39. The molecule has 0 aliphatic carbocycles. The third-order valence-corrected chi connectivity index (χ3v) is 5.54. The van der Waals surface area contributed by atoms with Gasteiger partial charge in [0.25, 0.3) is 11.6 Å². The zero-order chi connectivity index (χ0) is 22.4. The first-order valence-electron chi connectivity index (χ1n) is 10.1. The van der Waals surface area contributed by atoms with Gasteiger partial charge in [-0.3, -0.25) is 14.9 Å². The molecule has 0 saturated carbocycles. The number of likely N-dealkylation sites (N-methyl/N-ethyl adjacent to an activating group) is 1. The maximum absolute atomic E-state index is 13.3. The summed E-state index contributed by atoms with van der Waals surface area (Å²) in [5.74, 6) is -2.42. The number of aliphatic carboxylic acids is 1. The third-order valence-electron chi connectivity index (χ3n) is 5.54. The molecule has 164 valence electrons. The van der Waals surface area contributed by atoms with E-state index in [0.717, 1.165) is 16.7 Å². The number of nitrogens with one attached hydrogen (secondary N) is 1. The average Bonchev–Trinajstić information content (AvgIpc) is 2.75. The van der Waals surface area contributed by atoms with Crippen molar-refractivity contribution in [3.63, 3.8) is 0 Å². The third kappa shape index (κ3) is 5.40. The molecular weight excluding hydrogens is 400 g/mol. The highest BCUT2D eigenvalue weighted by Crippen LogP contribution is 2.27. The number of hydrogen-bond acceptors (Lipinski definition) is 5. The fourth-order valence-corrected chi connectivity index (χ4v) is 3.89. The lowest BCUT2D eigenvalue weighted by Gasteiger charge is -2.39. The van der Waals surface area contributed by atoms with Crippen molar-refractivity contribution in [2.45, 2.75) is 31.5 Å². The minimum absolute atomic E-state index is 0.0282. The van der Waals surface area contributed by atoms with E-state index in [4.69, 9.17) is 4.74 Å². The Kier molecular flexibility index (Phi) is 6.91. The summed E-state index contributed by atoms with van der Waals surface area (Å²) in [6, 6.07) is 16.9. The van der Waals surface area contributed by atoms with Gasteiger partial charge in [0.1, 0.15) is 0 Å². The van der Waals surface area contributed by atoms with Crippen LogP contribution in [0.4, 0.5) is 4.79 Å². The summed E-state index contributed by atoms with van der Waals surface area (Å²) in [5.41, 5.74) is 0.980. The number of carboxylic acid groups (broad SMARTS) is 2. The molecule has 0 fully saturated rings. The molecule has 1 aliphatic rings. The maximum Gasteiger partial charge on any atom is 0.508 e. The van der Waals surface area contributed by atoms with Crippen LogP contribution < -0.4 is 5.32 Å². The van der Waals surface area contributed by atoms with Gasteiger partial charge in [-0.2, -0.15) is 0 Å².